The summed E-state index contributed by atoms with van der Waals surface area (Å²) in [5.74, 6) is 0.917. The van der Waals surface area contributed by atoms with Gasteiger partial charge in [-0.25, -0.2) is 0 Å². The maximum absolute atomic E-state index is 9.91. The summed E-state index contributed by atoms with van der Waals surface area (Å²) in [4.78, 5) is 6.07. The summed E-state index contributed by atoms with van der Waals surface area (Å²) in [5.41, 5.74) is 3.24. The van der Waals surface area contributed by atoms with Crippen molar-refractivity contribution in [3.8, 4) is 11.5 Å². The van der Waals surface area contributed by atoms with E-state index in [2.05, 4.69) is 43.1 Å². The molecule has 0 aromatic heterocycles. The average molecular weight is 327 g/mol. The maximum atomic E-state index is 9.91. The number of nitrogens with one attached hydrogen (secondary N) is 1. The minimum absolute atomic E-state index is 0.209. The molecule has 128 valence electrons. The summed E-state index contributed by atoms with van der Waals surface area (Å²) in [7, 11) is 1.61. The van der Waals surface area contributed by atoms with Crippen molar-refractivity contribution in [3.63, 3.8) is 0 Å². The van der Waals surface area contributed by atoms with Crippen LogP contribution in [-0.2, 0) is 13.1 Å². The Morgan fingerprint density at radius 2 is 1.79 bits per heavy atom. The van der Waals surface area contributed by atoms with E-state index < -0.39 is 0 Å². The SMILES string of the molecule is CC[NH+](CC)Cc1ccccc1CN=Cc1cc(OC)ccc1O. The molecular weight excluding hydrogens is 300 g/mol. The fourth-order valence-corrected chi connectivity index (χ4v) is 2.66. The van der Waals surface area contributed by atoms with Crippen LogP contribution >= 0.6 is 0 Å². The van der Waals surface area contributed by atoms with E-state index in [4.69, 9.17) is 4.74 Å². The number of hydrogen-bond acceptors (Lipinski definition) is 3. The minimum Gasteiger partial charge on any atom is -0.507 e. The Bertz CT molecular complexity index is 679. The lowest BCUT2D eigenvalue weighted by Crippen LogP contribution is -3.10. The van der Waals surface area contributed by atoms with Gasteiger partial charge in [-0.1, -0.05) is 24.3 Å². The fourth-order valence-electron chi connectivity index (χ4n) is 2.66. The molecule has 0 aliphatic heterocycles. The van der Waals surface area contributed by atoms with Crippen molar-refractivity contribution in [1.29, 1.82) is 0 Å². The van der Waals surface area contributed by atoms with Crippen LogP contribution in [0.25, 0.3) is 0 Å². The summed E-state index contributed by atoms with van der Waals surface area (Å²) in [6.45, 7) is 8.28. The first kappa shape index (κ1) is 18.0. The number of nitrogens with zero attached hydrogens (tertiary/aromatic N) is 1. The molecule has 2 rings (SSSR count). The van der Waals surface area contributed by atoms with Gasteiger partial charge in [-0.05, 0) is 37.6 Å². The molecule has 4 heteroatoms. The van der Waals surface area contributed by atoms with Crippen LogP contribution in [0.2, 0.25) is 0 Å². The van der Waals surface area contributed by atoms with Gasteiger partial charge in [0.25, 0.3) is 0 Å². The van der Waals surface area contributed by atoms with Crippen molar-refractivity contribution in [2.24, 2.45) is 4.99 Å². The van der Waals surface area contributed by atoms with Crippen molar-refractivity contribution < 1.29 is 14.7 Å². The Balaban J connectivity index is 2.12. The van der Waals surface area contributed by atoms with Crippen molar-refractivity contribution in [2.45, 2.75) is 26.9 Å². The lowest BCUT2D eigenvalue weighted by atomic mass is 10.1. The first-order chi connectivity index (χ1) is 11.7. The van der Waals surface area contributed by atoms with Gasteiger partial charge in [0.15, 0.2) is 0 Å². The molecule has 0 unspecified atom stereocenters. The number of aromatic hydroxyl groups is 1. The normalized spacial score (nSPS) is 11.3. The van der Waals surface area contributed by atoms with Crippen LogP contribution in [0.1, 0.15) is 30.5 Å². The number of ether oxygens (including phenoxy) is 1. The van der Waals surface area contributed by atoms with Gasteiger partial charge in [-0.3, -0.25) is 4.99 Å². The lowest BCUT2D eigenvalue weighted by Gasteiger charge is -2.17. The summed E-state index contributed by atoms with van der Waals surface area (Å²) < 4.78 is 5.19. The van der Waals surface area contributed by atoms with Gasteiger partial charge in [0.2, 0.25) is 0 Å². The molecule has 0 aliphatic carbocycles. The van der Waals surface area contributed by atoms with E-state index in [1.54, 1.807) is 36.4 Å². The number of benzene rings is 2. The van der Waals surface area contributed by atoms with E-state index in [9.17, 15) is 5.11 Å². The second kappa shape index (κ2) is 9.08. The average Bonchev–Trinajstić information content (AvgIpc) is 2.62. The van der Waals surface area contributed by atoms with Crippen LogP contribution in [0.4, 0.5) is 0 Å². The first-order valence-electron chi connectivity index (χ1n) is 8.45. The third kappa shape index (κ3) is 4.83. The van der Waals surface area contributed by atoms with E-state index in [1.807, 2.05) is 0 Å². The molecule has 0 bridgehead atoms. The standard InChI is InChI=1S/C20H26N2O2/c1-4-22(5-2)15-17-9-7-6-8-16(17)13-21-14-18-12-19(24-3)10-11-20(18)23/h6-12,14,23H,4-5,13,15H2,1-3H3/p+1. The van der Waals surface area contributed by atoms with Crippen molar-refractivity contribution >= 4 is 6.21 Å². The predicted molar refractivity (Wildman–Crippen MR) is 98.1 cm³/mol. The number of aliphatic imine (C=N–C) groups is 1. The smallest absolute Gasteiger partial charge is 0.124 e. The van der Waals surface area contributed by atoms with Gasteiger partial charge >= 0.3 is 0 Å². The third-order valence-corrected chi connectivity index (χ3v) is 4.29. The van der Waals surface area contributed by atoms with Crippen LogP contribution in [0.3, 0.4) is 0 Å². The van der Waals surface area contributed by atoms with E-state index in [-0.39, 0.29) is 5.75 Å². The highest BCUT2D eigenvalue weighted by molar-refractivity contribution is 5.84. The van der Waals surface area contributed by atoms with Gasteiger partial charge in [-0.2, -0.15) is 0 Å². The molecule has 2 aromatic rings. The van der Waals surface area contributed by atoms with Gasteiger partial charge < -0.3 is 14.7 Å². The molecule has 0 saturated heterocycles. The molecule has 0 atom stereocenters. The molecule has 0 radical (unpaired) electrons. The van der Waals surface area contributed by atoms with Gasteiger partial charge in [0, 0.05) is 17.3 Å². The molecule has 24 heavy (non-hydrogen) atoms. The number of quaternary nitrogens is 1. The minimum atomic E-state index is 0.209. The van der Waals surface area contributed by atoms with Crippen LogP contribution < -0.4 is 9.64 Å². The van der Waals surface area contributed by atoms with E-state index >= 15 is 0 Å². The zero-order chi connectivity index (χ0) is 17.4. The lowest BCUT2D eigenvalue weighted by molar-refractivity contribution is -0.910. The largest absolute Gasteiger partial charge is 0.507 e. The topological polar surface area (TPSA) is 46.3 Å². The zero-order valence-electron chi connectivity index (χ0n) is 14.7. The predicted octanol–water partition coefficient (Wildman–Crippen LogP) is 2.44. The number of methoxy groups -OCH3 is 1. The second-order valence-corrected chi connectivity index (χ2v) is 5.80. The summed E-state index contributed by atoms with van der Waals surface area (Å²) >= 11 is 0. The second-order valence-electron chi connectivity index (χ2n) is 5.80. The molecular formula is C20H27N2O2+. The zero-order valence-corrected chi connectivity index (χ0v) is 14.7. The number of hydrogen-bond donors (Lipinski definition) is 2. The highest BCUT2D eigenvalue weighted by Gasteiger charge is 2.08. The van der Waals surface area contributed by atoms with Gasteiger partial charge in [0.1, 0.15) is 18.0 Å². The highest BCUT2D eigenvalue weighted by atomic mass is 16.5. The summed E-state index contributed by atoms with van der Waals surface area (Å²) in [5, 5.41) is 9.91. The molecule has 4 nitrogen and oxygen atoms in total. The molecule has 0 saturated carbocycles. The molecule has 0 amide bonds. The third-order valence-electron chi connectivity index (χ3n) is 4.29. The highest BCUT2D eigenvalue weighted by Crippen LogP contribution is 2.21. The van der Waals surface area contributed by atoms with Crippen molar-refractivity contribution in [1.82, 2.24) is 0 Å². The van der Waals surface area contributed by atoms with E-state index in [1.165, 1.54) is 11.1 Å². The van der Waals surface area contributed by atoms with Crippen molar-refractivity contribution in [2.75, 3.05) is 20.2 Å². The Hall–Kier alpha value is -2.33. The summed E-state index contributed by atoms with van der Waals surface area (Å²) in [6, 6.07) is 13.6. The maximum Gasteiger partial charge on any atom is 0.124 e. The Labute approximate surface area is 144 Å². The Morgan fingerprint density at radius 3 is 2.46 bits per heavy atom. The fraction of sp³-hybridized carbons (Fsp3) is 0.350. The molecule has 2 aromatic carbocycles. The van der Waals surface area contributed by atoms with Gasteiger partial charge in [-0.15, -0.1) is 0 Å². The number of rotatable bonds is 8. The number of phenolic OH excluding ortho intramolecular Hbond substituents is 1. The quantitative estimate of drug-likeness (QED) is 0.732. The number of phenols is 1. The van der Waals surface area contributed by atoms with Gasteiger partial charge in [0.05, 0.1) is 26.7 Å². The molecule has 0 aliphatic rings. The molecule has 0 heterocycles. The van der Waals surface area contributed by atoms with Crippen LogP contribution in [0.15, 0.2) is 47.5 Å². The molecule has 2 N–H and O–H groups in total. The molecule has 0 spiro atoms. The Morgan fingerprint density at radius 1 is 1.08 bits per heavy atom. The van der Waals surface area contributed by atoms with E-state index in [0.717, 1.165) is 19.6 Å². The van der Waals surface area contributed by atoms with E-state index in [0.29, 0.717) is 17.9 Å². The van der Waals surface area contributed by atoms with Crippen molar-refractivity contribution in [3.05, 3.63) is 59.2 Å². The summed E-state index contributed by atoms with van der Waals surface area (Å²) in [6.07, 6.45) is 1.71. The van der Waals surface area contributed by atoms with Crippen LogP contribution in [-0.4, -0.2) is 31.5 Å². The van der Waals surface area contributed by atoms with Crippen LogP contribution in [0.5, 0.6) is 11.5 Å². The Kier molecular flexibility index (Phi) is 6.82. The van der Waals surface area contributed by atoms with Crippen LogP contribution in [0, 0.1) is 0 Å². The molecule has 0 fully saturated rings. The monoisotopic (exact) mass is 327 g/mol. The first-order valence-corrected chi connectivity index (χ1v) is 8.45.